The smallest absolute Gasteiger partial charge is 0.431 e. The van der Waals surface area contributed by atoms with Gasteiger partial charge in [0.1, 0.15) is 13.2 Å². The maximum atomic E-state index is 10.2. The molecule has 0 amide bonds. The van der Waals surface area contributed by atoms with Gasteiger partial charge in [-0.1, -0.05) is 0 Å². The Bertz CT molecular complexity index is 320. The molecule has 0 aromatic rings. The second kappa shape index (κ2) is 9.32. The molecule has 1 aliphatic heterocycles. The van der Waals surface area contributed by atoms with Crippen LogP contribution in [0.3, 0.4) is 0 Å². The number of hydrogen-bond acceptors (Lipinski definition) is 6. The summed E-state index contributed by atoms with van der Waals surface area (Å²) in [6.07, 6.45) is -1.13. The number of rotatable bonds is 2. The van der Waals surface area contributed by atoms with Gasteiger partial charge in [0, 0.05) is 0 Å². The van der Waals surface area contributed by atoms with Crippen LogP contribution in [0, 0.1) is 0 Å². The minimum absolute atomic E-state index is 0. The van der Waals surface area contributed by atoms with Gasteiger partial charge in [0.2, 0.25) is 0 Å². The Labute approximate surface area is 133 Å². The van der Waals surface area contributed by atoms with Gasteiger partial charge in [0.25, 0.3) is 0 Å². The third-order valence-corrected chi connectivity index (χ3v) is 1.05. The monoisotopic (exact) mass is 358 g/mol. The first-order valence-corrected chi connectivity index (χ1v) is 7.34. The molecule has 0 bridgehead atoms. The fraction of sp³-hybridized carbons (Fsp3) is 0.750. The molecule has 1 fully saturated rings. The van der Waals surface area contributed by atoms with Gasteiger partial charge in [-0.15, -0.1) is 0 Å². The number of cyclic esters (lactones) is 2. The van der Waals surface area contributed by atoms with E-state index in [1.807, 2.05) is 0 Å². The zero-order chi connectivity index (χ0) is 17.2. The quantitative estimate of drug-likeness (QED) is 0.324. The van der Waals surface area contributed by atoms with Gasteiger partial charge in [-0.3, -0.25) is 0 Å². The third-order valence-electron chi connectivity index (χ3n) is 1.05. The SMILES string of the molecule is CCOC(=O)OCC.F[P-](F)(F)(F)(F)F.O=C1OCCO1.[Li+]. The summed E-state index contributed by atoms with van der Waals surface area (Å²) in [6.45, 7) is 5.04. The van der Waals surface area contributed by atoms with Crippen LogP contribution >= 0.6 is 7.81 Å². The molecule has 6 nitrogen and oxygen atoms in total. The van der Waals surface area contributed by atoms with Crippen molar-refractivity contribution in [2.75, 3.05) is 26.4 Å². The first-order valence-electron chi connectivity index (χ1n) is 5.31. The topological polar surface area (TPSA) is 71.1 Å². The summed E-state index contributed by atoms with van der Waals surface area (Å²) in [5.74, 6) is 0. The van der Waals surface area contributed by atoms with Gasteiger partial charge >= 0.3 is 64.2 Å². The standard InChI is InChI=1S/C5H10O3.C3H4O3.F6P.Li/c1-3-7-5(6)8-4-2;4-3-5-1-2-6-3;1-7(2,3,4,5)6;/h3-4H2,1-2H3;1-2H2;;/q;;-1;+1. The van der Waals surface area contributed by atoms with Crippen LogP contribution in [0.5, 0.6) is 0 Å². The van der Waals surface area contributed by atoms with Crippen molar-refractivity contribution in [3.05, 3.63) is 0 Å². The Morgan fingerprint density at radius 2 is 1.27 bits per heavy atom. The molecule has 14 heteroatoms. The van der Waals surface area contributed by atoms with Crippen LogP contribution in [0.15, 0.2) is 0 Å². The average Bonchev–Trinajstić information content (AvgIpc) is 2.66. The predicted octanol–water partition coefficient (Wildman–Crippen LogP) is 1.72. The van der Waals surface area contributed by atoms with Crippen molar-refractivity contribution in [3.8, 4) is 0 Å². The summed E-state index contributed by atoms with van der Waals surface area (Å²) in [4.78, 5) is 20.0. The molecule has 0 N–H and O–H groups in total. The fourth-order valence-electron chi connectivity index (χ4n) is 0.569. The van der Waals surface area contributed by atoms with Crippen LogP contribution in [-0.2, 0) is 18.9 Å². The second-order valence-electron chi connectivity index (χ2n) is 3.02. The van der Waals surface area contributed by atoms with Crippen molar-refractivity contribution in [1.29, 1.82) is 0 Å². The minimum Gasteiger partial charge on any atom is -0.431 e. The molecule has 0 aliphatic carbocycles. The maximum absolute atomic E-state index is 10.7. The maximum Gasteiger partial charge on any atom is 1.00 e. The van der Waals surface area contributed by atoms with E-state index >= 15 is 0 Å². The van der Waals surface area contributed by atoms with E-state index in [1.54, 1.807) is 13.8 Å². The van der Waals surface area contributed by atoms with E-state index in [2.05, 4.69) is 18.9 Å². The van der Waals surface area contributed by atoms with Crippen LogP contribution in [0.4, 0.5) is 34.8 Å². The molecule has 0 spiro atoms. The molecule has 1 aliphatic rings. The summed E-state index contributed by atoms with van der Waals surface area (Å²) < 4.78 is 76.6. The van der Waals surface area contributed by atoms with Crippen molar-refractivity contribution >= 4 is 20.1 Å². The van der Waals surface area contributed by atoms with Gasteiger partial charge in [0.15, 0.2) is 0 Å². The Kier molecular flexibility index (Phi) is 11.0. The Morgan fingerprint density at radius 3 is 1.41 bits per heavy atom. The largest absolute Gasteiger partial charge is 1.00 e. The van der Waals surface area contributed by atoms with Gasteiger partial charge in [-0.25, -0.2) is 9.59 Å². The Hall–Kier alpha value is -0.853. The molecular formula is C8H14F6LiO6P. The molecule has 0 saturated carbocycles. The number of hydrogen-bond donors (Lipinski definition) is 0. The molecule has 0 radical (unpaired) electrons. The van der Waals surface area contributed by atoms with Crippen molar-refractivity contribution < 1.29 is 72.6 Å². The van der Waals surface area contributed by atoms with Gasteiger partial charge in [-0.05, 0) is 13.8 Å². The number of carbonyl (C=O) groups is 2. The van der Waals surface area contributed by atoms with E-state index in [0.29, 0.717) is 26.4 Å². The van der Waals surface area contributed by atoms with Crippen molar-refractivity contribution in [2.24, 2.45) is 0 Å². The summed E-state index contributed by atoms with van der Waals surface area (Å²) in [7, 11) is -10.7. The molecule has 22 heavy (non-hydrogen) atoms. The zero-order valence-corrected chi connectivity index (χ0v) is 12.9. The number of halogens is 6. The summed E-state index contributed by atoms with van der Waals surface area (Å²) >= 11 is 0. The van der Waals surface area contributed by atoms with E-state index in [9.17, 15) is 34.8 Å². The van der Waals surface area contributed by atoms with Gasteiger partial charge < -0.3 is 18.9 Å². The normalized spacial score (nSPS) is 15.7. The van der Waals surface area contributed by atoms with Crippen molar-refractivity contribution in [2.45, 2.75) is 13.8 Å². The van der Waals surface area contributed by atoms with E-state index in [0.717, 1.165) is 0 Å². The van der Waals surface area contributed by atoms with E-state index in [-0.39, 0.29) is 18.9 Å². The van der Waals surface area contributed by atoms with Crippen LogP contribution in [0.1, 0.15) is 13.8 Å². The van der Waals surface area contributed by atoms with Crippen LogP contribution in [0.25, 0.3) is 0 Å². The van der Waals surface area contributed by atoms with E-state index < -0.39 is 20.1 Å². The number of ether oxygens (including phenoxy) is 4. The second-order valence-corrected chi connectivity index (χ2v) is 4.94. The van der Waals surface area contributed by atoms with E-state index in [1.165, 1.54) is 0 Å². The van der Waals surface area contributed by atoms with Gasteiger partial charge in [0.05, 0.1) is 13.2 Å². The molecule has 1 saturated heterocycles. The van der Waals surface area contributed by atoms with Crippen LogP contribution in [-0.4, -0.2) is 38.7 Å². The summed E-state index contributed by atoms with van der Waals surface area (Å²) in [5.41, 5.74) is 0. The molecule has 0 unspecified atom stereocenters. The first kappa shape index (κ1) is 26.1. The molecule has 0 aromatic heterocycles. The first-order chi connectivity index (χ1) is 9.15. The molecule has 1 rings (SSSR count). The van der Waals surface area contributed by atoms with Crippen LogP contribution in [0.2, 0.25) is 0 Å². The third kappa shape index (κ3) is 42.7. The van der Waals surface area contributed by atoms with Crippen LogP contribution < -0.4 is 18.9 Å². The summed E-state index contributed by atoms with van der Waals surface area (Å²) in [6, 6.07) is 0. The fourth-order valence-corrected chi connectivity index (χ4v) is 0.569. The van der Waals surface area contributed by atoms with Crippen molar-refractivity contribution in [1.82, 2.24) is 0 Å². The molecule has 1 heterocycles. The Balaban J connectivity index is -0.000000242. The molecule has 0 atom stereocenters. The molecular weight excluding hydrogens is 344 g/mol. The zero-order valence-electron chi connectivity index (χ0n) is 12.0. The predicted molar refractivity (Wildman–Crippen MR) is 59.5 cm³/mol. The van der Waals surface area contributed by atoms with E-state index in [4.69, 9.17) is 0 Å². The summed E-state index contributed by atoms with van der Waals surface area (Å²) in [5, 5.41) is 0. The van der Waals surface area contributed by atoms with Gasteiger partial charge in [-0.2, -0.15) is 0 Å². The minimum atomic E-state index is -10.7. The van der Waals surface area contributed by atoms with Crippen molar-refractivity contribution in [3.63, 3.8) is 0 Å². The average molecular weight is 358 g/mol. The Morgan fingerprint density at radius 1 is 1.00 bits per heavy atom. The molecule has 130 valence electrons. The molecule has 0 aromatic carbocycles. The number of carbonyl (C=O) groups excluding carboxylic acids is 2.